The van der Waals surface area contributed by atoms with Gasteiger partial charge in [-0.15, -0.1) is 11.3 Å². The lowest BCUT2D eigenvalue weighted by Gasteiger charge is -2.21. The molecule has 1 heterocycles. The summed E-state index contributed by atoms with van der Waals surface area (Å²) in [4.78, 5) is 18.5. The Balaban J connectivity index is 2.23. The molecule has 0 aliphatic rings. The number of aromatic nitrogens is 1. The summed E-state index contributed by atoms with van der Waals surface area (Å²) < 4.78 is 0. The van der Waals surface area contributed by atoms with Gasteiger partial charge in [0.25, 0.3) is 0 Å². The van der Waals surface area contributed by atoms with E-state index in [9.17, 15) is 4.79 Å². The number of anilines is 1. The standard InChI is InChI=1S/C16H17N3O2S/c1-11-12(2)22-16(18-11)19(7-6-15(20)21)10-14-5-3-4-13(8-14)9-17/h3-5,8H,6-7,10H2,1-2H3,(H,20,21). The number of carboxylic acids is 1. The third kappa shape index (κ3) is 4.06. The summed E-state index contributed by atoms with van der Waals surface area (Å²) in [5.74, 6) is -0.833. The van der Waals surface area contributed by atoms with Crippen LogP contribution in [0, 0.1) is 25.2 Å². The van der Waals surface area contributed by atoms with Gasteiger partial charge in [-0.05, 0) is 31.5 Å². The summed E-state index contributed by atoms with van der Waals surface area (Å²) in [5, 5.41) is 18.7. The largest absolute Gasteiger partial charge is 0.481 e. The second-order valence-corrected chi connectivity index (χ2v) is 6.20. The van der Waals surface area contributed by atoms with Gasteiger partial charge in [0.2, 0.25) is 0 Å². The van der Waals surface area contributed by atoms with Crippen molar-refractivity contribution < 1.29 is 9.90 Å². The highest BCUT2D eigenvalue weighted by atomic mass is 32.1. The van der Waals surface area contributed by atoms with Gasteiger partial charge in [-0.3, -0.25) is 4.79 Å². The second kappa shape index (κ2) is 7.05. The monoisotopic (exact) mass is 315 g/mol. The number of hydrogen-bond donors (Lipinski definition) is 1. The zero-order valence-corrected chi connectivity index (χ0v) is 13.4. The minimum absolute atomic E-state index is 0.0512. The van der Waals surface area contributed by atoms with Crippen molar-refractivity contribution in [3.8, 4) is 6.07 Å². The van der Waals surface area contributed by atoms with E-state index in [-0.39, 0.29) is 6.42 Å². The van der Waals surface area contributed by atoms with Gasteiger partial charge in [0.05, 0.1) is 23.7 Å². The summed E-state index contributed by atoms with van der Waals surface area (Å²) in [6.45, 7) is 4.87. The Morgan fingerprint density at radius 1 is 1.45 bits per heavy atom. The lowest BCUT2D eigenvalue weighted by Crippen LogP contribution is -2.25. The Bertz CT molecular complexity index is 699. The van der Waals surface area contributed by atoms with Crippen molar-refractivity contribution >= 4 is 22.4 Å². The summed E-state index contributed by atoms with van der Waals surface area (Å²) >= 11 is 1.56. The molecule has 0 radical (unpaired) electrons. The van der Waals surface area contributed by atoms with Crippen LogP contribution < -0.4 is 4.90 Å². The maximum absolute atomic E-state index is 10.9. The highest BCUT2D eigenvalue weighted by Gasteiger charge is 2.14. The predicted molar refractivity (Wildman–Crippen MR) is 86.0 cm³/mol. The van der Waals surface area contributed by atoms with Crippen LogP contribution >= 0.6 is 11.3 Å². The highest BCUT2D eigenvalue weighted by molar-refractivity contribution is 7.15. The van der Waals surface area contributed by atoms with Crippen molar-refractivity contribution in [3.63, 3.8) is 0 Å². The van der Waals surface area contributed by atoms with Crippen LogP contribution in [-0.2, 0) is 11.3 Å². The van der Waals surface area contributed by atoms with Crippen LogP contribution in [0.4, 0.5) is 5.13 Å². The molecule has 1 aromatic carbocycles. The third-order valence-electron chi connectivity index (χ3n) is 3.31. The van der Waals surface area contributed by atoms with Crippen LogP contribution in [0.2, 0.25) is 0 Å². The summed E-state index contributed by atoms with van der Waals surface area (Å²) in [7, 11) is 0. The maximum atomic E-state index is 10.9. The third-order valence-corrected chi connectivity index (χ3v) is 4.45. The van der Waals surface area contributed by atoms with E-state index in [2.05, 4.69) is 11.1 Å². The Labute approximate surface area is 133 Å². The molecule has 2 aromatic rings. The molecule has 6 heteroatoms. The lowest BCUT2D eigenvalue weighted by molar-refractivity contribution is -0.136. The SMILES string of the molecule is Cc1nc(N(CCC(=O)O)Cc2cccc(C#N)c2)sc1C. The van der Waals surface area contributed by atoms with Crippen molar-refractivity contribution in [2.75, 3.05) is 11.4 Å². The van der Waals surface area contributed by atoms with Crippen LogP contribution in [-0.4, -0.2) is 22.6 Å². The van der Waals surface area contributed by atoms with Gasteiger partial charge in [0.15, 0.2) is 5.13 Å². The number of aryl methyl sites for hydroxylation is 2. The molecule has 0 spiro atoms. The Kier molecular flexibility index (Phi) is 5.12. The number of nitrogens with zero attached hydrogens (tertiary/aromatic N) is 3. The fraction of sp³-hybridized carbons (Fsp3) is 0.312. The molecule has 0 amide bonds. The first-order valence-corrected chi connectivity index (χ1v) is 7.71. The van der Waals surface area contributed by atoms with E-state index in [1.54, 1.807) is 17.4 Å². The molecule has 1 N–H and O–H groups in total. The molecule has 0 aliphatic carbocycles. The number of rotatable bonds is 6. The molecule has 22 heavy (non-hydrogen) atoms. The fourth-order valence-corrected chi connectivity index (χ4v) is 2.96. The van der Waals surface area contributed by atoms with Crippen LogP contribution in [0.15, 0.2) is 24.3 Å². The minimum atomic E-state index is -0.833. The number of carboxylic acid groups (broad SMARTS) is 1. The molecule has 0 aliphatic heterocycles. The first-order valence-electron chi connectivity index (χ1n) is 6.89. The summed E-state index contributed by atoms with van der Waals surface area (Å²) in [5.41, 5.74) is 2.53. The van der Waals surface area contributed by atoms with E-state index in [4.69, 9.17) is 10.4 Å². The van der Waals surface area contributed by atoms with E-state index < -0.39 is 5.97 Å². The van der Waals surface area contributed by atoms with Gasteiger partial charge in [0, 0.05) is 18.0 Å². The molecule has 2 rings (SSSR count). The molecule has 0 saturated carbocycles. The predicted octanol–water partition coefficient (Wildman–Crippen LogP) is 3.11. The van der Waals surface area contributed by atoms with E-state index in [0.29, 0.717) is 18.7 Å². The molecular formula is C16H17N3O2S. The van der Waals surface area contributed by atoms with E-state index in [1.165, 1.54) is 0 Å². The smallest absolute Gasteiger partial charge is 0.305 e. The molecule has 114 valence electrons. The molecule has 0 bridgehead atoms. The van der Waals surface area contributed by atoms with Crippen molar-refractivity contribution in [2.24, 2.45) is 0 Å². The van der Waals surface area contributed by atoms with Crippen LogP contribution in [0.5, 0.6) is 0 Å². The Hall–Kier alpha value is -2.39. The van der Waals surface area contributed by atoms with Crippen molar-refractivity contribution in [3.05, 3.63) is 46.0 Å². The van der Waals surface area contributed by atoms with Crippen LogP contribution in [0.3, 0.4) is 0 Å². The first-order chi connectivity index (χ1) is 10.5. The van der Waals surface area contributed by atoms with Crippen LogP contribution in [0.1, 0.15) is 28.1 Å². The maximum Gasteiger partial charge on any atom is 0.305 e. The lowest BCUT2D eigenvalue weighted by atomic mass is 10.1. The van der Waals surface area contributed by atoms with Gasteiger partial charge < -0.3 is 10.0 Å². The van der Waals surface area contributed by atoms with Crippen molar-refractivity contribution in [1.82, 2.24) is 4.98 Å². The molecule has 5 nitrogen and oxygen atoms in total. The molecule has 0 unspecified atom stereocenters. The number of benzene rings is 1. The van der Waals surface area contributed by atoms with Gasteiger partial charge in [-0.1, -0.05) is 12.1 Å². The molecule has 1 aromatic heterocycles. The molecular weight excluding hydrogens is 298 g/mol. The first kappa shape index (κ1) is 16.0. The zero-order chi connectivity index (χ0) is 16.1. The fourth-order valence-electron chi connectivity index (χ4n) is 2.02. The Morgan fingerprint density at radius 2 is 2.23 bits per heavy atom. The number of thiazole rings is 1. The van der Waals surface area contributed by atoms with E-state index in [0.717, 1.165) is 21.3 Å². The van der Waals surface area contributed by atoms with Crippen molar-refractivity contribution in [2.45, 2.75) is 26.8 Å². The van der Waals surface area contributed by atoms with Gasteiger partial charge in [-0.25, -0.2) is 4.98 Å². The van der Waals surface area contributed by atoms with Crippen molar-refractivity contribution in [1.29, 1.82) is 5.26 Å². The average molecular weight is 315 g/mol. The summed E-state index contributed by atoms with van der Waals surface area (Å²) in [6, 6.07) is 9.46. The van der Waals surface area contributed by atoms with E-state index in [1.807, 2.05) is 36.9 Å². The van der Waals surface area contributed by atoms with Crippen LogP contribution in [0.25, 0.3) is 0 Å². The van der Waals surface area contributed by atoms with Gasteiger partial charge in [-0.2, -0.15) is 5.26 Å². The number of carbonyl (C=O) groups is 1. The van der Waals surface area contributed by atoms with Gasteiger partial charge in [0.1, 0.15) is 0 Å². The highest BCUT2D eigenvalue weighted by Crippen LogP contribution is 2.26. The average Bonchev–Trinajstić information content (AvgIpc) is 2.83. The second-order valence-electron chi connectivity index (χ2n) is 5.02. The zero-order valence-electron chi connectivity index (χ0n) is 12.5. The summed E-state index contributed by atoms with van der Waals surface area (Å²) in [6.07, 6.45) is 0.0512. The van der Waals surface area contributed by atoms with Gasteiger partial charge >= 0.3 is 5.97 Å². The van der Waals surface area contributed by atoms with E-state index >= 15 is 0 Å². The normalized spacial score (nSPS) is 10.2. The Morgan fingerprint density at radius 3 is 2.82 bits per heavy atom. The number of hydrogen-bond acceptors (Lipinski definition) is 5. The topological polar surface area (TPSA) is 77.2 Å². The minimum Gasteiger partial charge on any atom is -0.481 e. The molecule has 0 fully saturated rings. The number of nitriles is 1. The molecule has 0 saturated heterocycles. The number of aliphatic carboxylic acids is 1. The quantitative estimate of drug-likeness (QED) is 0.886. The molecule has 0 atom stereocenters.